The number of rotatable bonds is 5. The molecule has 0 aliphatic carbocycles. The number of carbonyl (C=O) groups is 1. The molecule has 1 heterocycles. The number of H-pyrrole nitrogens is 1. The lowest BCUT2D eigenvalue weighted by molar-refractivity contribution is -0.139. The number of nitrogens with one attached hydrogen (secondary N) is 1. The van der Waals surface area contributed by atoms with Crippen molar-refractivity contribution < 1.29 is 9.90 Å². The minimum atomic E-state index is -0.798. The molecular formula is C10H16N2O2. The Morgan fingerprint density at radius 1 is 1.71 bits per heavy atom. The molecule has 0 amide bonds. The Labute approximate surface area is 83.4 Å². The lowest BCUT2D eigenvalue weighted by atomic mass is 10.0. The van der Waals surface area contributed by atoms with Gasteiger partial charge in [0.05, 0.1) is 0 Å². The number of carboxylic acid groups (broad SMARTS) is 1. The van der Waals surface area contributed by atoms with Crippen molar-refractivity contribution >= 4 is 5.97 Å². The van der Waals surface area contributed by atoms with Crippen LogP contribution in [0.15, 0.2) is 6.20 Å². The Balaban J connectivity index is 2.72. The van der Waals surface area contributed by atoms with Gasteiger partial charge in [-0.2, -0.15) is 0 Å². The number of unbranched alkanes of at least 4 members (excludes halogenated alkanes) is 1. The van der Waals surface area contributed by atoms with E-state index in [0.29, 0.717) is 12.2 Å². The van der Waals surface area contributed by atoms with E-state index in [2.05, 4.69) is 9.97 Å². The van der Waals surface area contributed by atoms with Crippen molar-refractivity contribution in [2.45, 2.75) is 39.0 Å². The number of aryl methyl sites for hydroxylation is 1. The van der Waals surface area contributed by atoms with Crippen LogP contribution in [0.1, 0.15) is 43.6 Å². The van der Waals surface area contributed by atoms with Gasteiger partial charge in [0.25, 0.3) is 0 Å². The van der Waals surface area contributed by atoms with Crippen LogP contribution in [0.3, 0.4) is 0 Å². The van der Waals surface area contributed by atoms with Gasteiger partial charge in [-0.1, -0.05) is 19.8 Å². The molecule has 0 radical (unpaired) electrons. The van der Waals surface area contributed by atoms with Crippen LogP contribution in [0.25, 0.3) is 0 Å². The first-order valence-corrected chi connectivity index (χ1v) is 4.89. The van der Waals surface area contributed by atoms with Gasteiger partial charge in [-0.3, -0.25) is 4.79 Å². The van der Waals surface area contributed by atoms with Crippen LogP contribution >= 0.6 is 0 Å². The molecule has 0 saturated carbocycles. The molecule has 1 aromatic heterocycles. The average Bonchev–Trinajstić information content (AvgIpc) is 2.52. The predicted octanol–water partition coefficient (Wildman–Crippen LogP) is 2.08. The molecule has 4 nitrogen and oxygen atoms in total. The minimum absolute atomic E-state index is 0.483. The van der Waals surface area contributed by atoms with Crippen LogP contribution in [0.5, 0.6) is 0 Å². The number of hydrogen-bond donors (Lipinski definition) is 2. The maximum atomic E-state index is 11.0. The van der Waals surface area contributed by atoms with Gasteiger partial charge in [0.15, 0.2) is 0 Å². The van der Waals surface area contributed by atoms with E-state index in [1.165, 1.54) is 0 Å². The topological polar surface area (TPSA) is 66.0 Å². The van der Waals surface area contributed by atoms with Gasteiger partial charge in [0.1, 0.15) is 11.7 Å². The highest BCUT2D eigenvalue weighted by atomic mass is 16.4. The number of aliphatic carboxylic acids is 1. The molecule has 14 heavy (non-hydrogen) atoms. The first kappa shape index (κ1) is 10.8. The fraction of sp³-hybridized carbons (Fsp3) is 0.600. The van der Waals surface area contributed by atoms with Gasteiger partial charge >= 0.3 is 5.97 Å². The molecule has 0 bridgehead atoms. The molecule has 1 rings (SSSR count). The zero-order valence-electron chi connectivity index (χ0n) is 8.58. The van der Waals surface area contributed by atoms with Gasteiger partial charge < -0.3 is 10.1 Å². The summed E-state index contributed by atoms with van der Waals surface area (Å²) in [6, 6.07) is 0. The van der Waals surface area contributed by atoms with Crippen molar-refractivity contribution in [1.82, 2.24) is 9.97 Å². The molecule has 0 saturated heterocycles. The largest absolute Gasteiger partial charge is 0.481 e. The number of carboxylic acids is 1. The molecule has 2 N–H and O–H groups in total. The second kappa shape index (κ2) is 4.79. The summed E-state index contributed by atoms with van der Waals surface area (Å²) >= 11 is 0. The maximum absolute atomic E-state index is 11.0. The van der Waals surface area contributed by atoms with Crippen molar-refractivity contribution in [3.63, 3.8) is 0 Å². The standard InChI is InChI=1S/C10H16N2O2/c1-3-4-5-8(10(13)14)9-11-6-7(2)12-9/h6,8H,3-5H2,1-2H3,(H,11,12)(H,13,14). The maximum Gasteiger partial charge on any atom is 0.314 e. The molecule has 78 valence electrons. The normalized spacial score (nSPS) is 12.7. The summed E-state index contributed by atoms with van der Waals surface area (Å²) in [5, 5.41) is 9.00. The predicted molar refractivity (Wildman–Crippen MR) is 53.2 cm³/mol. The van der Waals surface area contributed by atoms with E-state index in [-0.39, 0.29) is 0 Å². The Morgan fingerprint density at radius 2 is 2.43 bits per heavy atom. The van der Waals surface area contributed by atoms with E-state index in [0.717, 1.165) is 18.5 Å². The van der Waals surface area contributed by atoms with Crippen molar-refractivity contribution in [2.24, 2.45) is 0 Å². The molecule has 0 fully saturated rings. The molecule has 0 aliphatic rings. The lowest BCUT2D eigenvalue weighted by Gasteiger charge is -2.08. The Hall–Kier alpha value is -1.32. The first-order chi connectivity index (χ1) is 6.65. The quantitative estimate of drug-likeness (QED) is 0.757. The third-order valence-corrected chi connectivity index (χ3v) is 2.20. The lowest BCUT2D eigenvalue weighted by Crippen LogP contribution is -2.13. The smallest absolute Gasteiger partial charge is 0.314 e. The number of aromatic amines is 1. The molecule has 4 heteroatoms. The van der Waals surface area contributed by atoms with E-state index in [1.807, 2.05) is 13.8 Å². The minimum Gasteiger partial charge on any atom is -0.481 e. The summed E-state index contributed by atoms with van der Waals surface area (Å²) in [6.45, 7) is 3.92. The van der Waals surface area contributed by atoms with Crippen LogP contribution in [-0.4, -0.2) is 21.0 Å². The highest BCUT2D eigenvalue weighted by Gasteiger charge is 2.21. The van der Waals surface area contributed by atoms with Gasteiger partial charge in [-0.15, -0.1) is 0 Å². The van der Waals surface area contributed by atoms with E-state index < -0.39 is 11.9 Å². The number of hydrogen-bond acceptors (Lipinski definition) is 2. The molecular weight excluding hydrogens is 180 g/mol. The van der Waals surface area contributed by atoms with Crippen molar-refractivity contribution in [3.05, 3.63) is 17.7 Å². The average molecular weight is 196 g/mol. The molecule has 1 unspecified atom stereocenters. The van der Waals surface area contributed by atoms with Gasteiger partial charge in [-0.05, 0) is 13.3 Å². The van der Waals surface area contributed by atoms with E-state index in [1.54, 1.807) is 6.20 Å². The van der Waals surface area contributed by atoms with Crippen LogP contribution in [-0.2, 0) is 4.79 Å². The summed E-state index contributed by atoms with van der Waals surface area (Å²) in [5.41, 5.74) is 0.905. The summed E-state index contributed by atoms with van der Waals surface area (Å²) in [7, 11) is 0. The molecule has 0 spiro atoms. The second-order valence-electron chi connectivity index (χ2n) is 3.48. The summed E-state index contributed by atoms with van der Waals surface area (Å²) in [4.78, 5) is 18.0. The van der Waals surface area contributed by atoms with E-state index in [4.69, 9.17) is 5.11 Å². The summed E-state index contributed by atoms with van der Waals surface area (Å²) in [6.07, 6.45) is 4.23. The number of nitrogens with zero attached hydrogens (tertiary/aromatic N) is 1. The molecule has 0 aliphatic heterocycles. The SMILES string of the molecule is CCCCC(C(=O)O)c1ncc(C)[nH]1. The summed E-state index contributed by atoms with van der Waals surface area (Å²) < 4.78 is 0. The Morgan fingerprint density at radius 3 is 2.86 bits per heavy atom. The molecule has 1 atom stereocenters. The highest BCUT2D eigenvalue weighted by molar-refractivity contribution is 5.74. The van der Waals surface area contributed by atoms with E-state index in [9.17, 15) is 4.79 Å². The Bertz CT molecular complexity index is 307. The van der Waals surface area contributed by atoms with Gasteiger partial charge in [0, 0.05) is 11.9 Å². The summed E-state index contributed by atoms with van der Waals surface area (Å²) in [5.74, 6) is -0.708. The Kier molecular flexibility index (Phi) is 3.68. The third kappa shape index (κ3) is 2.58. The van der Waals surface area contributed by atoms with Gasteiger partial charge in [-0.25, -0.2) is 4.98 Å². The monoisotopic (exact) mass is 196 g/mol. The number of imidazole rings is 1. The highest BCUT2D eigenvalue weighted by Crippen LogP contribution is 2.19. The van der Waals surface area contributed by atoms with E-state index >= 15 is 0 Å². The van der Waals surface area contributed by atoms with Gasteiger partial charge in [0.2, 0.25) is 0 Å². The first-order valence-electron chi connectivity index (χ1n) is 4.89. The molecule has 0 aromatic carbocycles. The molecule has 1 aromatic rings. The fourth-order valence-corrected chi connectivity index (χ4v) is 1.40. The number of aromatic nitrogens is 2. The van der Waals surface area contributed by atoms with Crippen LogP contribution < -0.4 is 0 Å². The third-order valence-electron chi connectivity index (χ3n) is 2.20. The fourth-order valence-electron chi connectivity index (χ4n) is 1.40. The van der Waals surface area contributed by atoms with Crippen molar-refractivity contribution in [3.8, 4) is 0 Å². The van der Waals surface area contributed by atoms with Crippen LogP contribution in [0, 0.1) is 6.92 Å². The second-order valence-corrected chi connectivity index (χ2v) is 3.48. The van der Waals surface area contributed by atoms with Crippen LogP contribution in [0.2, 0.25) is 0 Å². The zero-order chi connectivity index (χ0) is 10.6. The zero-order valence-corrected chi connectivity index (χ0v) is 8.58. The van der Waals surface area contributed by atoms with Crippen LogP contribution in [0.4, 0.5) is 0 Å². The van der Waals surface area contributed by atoms with Crippen molar-refractivity contribution in [1.29, 1.82) is 0 Å². The van der Waals surface area contributed by atoms with Crippen molar-refractivity contribution in [2.75, 3.05) is 0 Å².